The van der Waals surface area contributed by atoms with Gasteiger partial charge in [-0.2, -0.15) is 0 Å². The highest BCUT2D eigenvalue weighted by atomic mass is 35.5. The van der Waals surface area contributed by atoms with Gasteiger partial charge in [0.05, 0.1) is 19.6 Å². The molecule has 0 saturated carbocycles. The highest BCUT2D eigenvalue weighted by Crippen LogP contribution is 2.23. The third-order valence-corrected chi connectivity index (χ3v) is 4.54. The molecule has 0 radical (unpaired) electrons. The van der Waals surface area contributed by atoms with Crippen LogP contribution in [-0.2, 0) is 25.5 Å². The molecule has 2 atom stereocenters. The SMILES string of the molecule is COC(=O)[C@@H](O)C(Cc1ccc(-c2cccc(Cl)c2)cc1)NC(=O)CCC(=O)O. The predicted octanol–water partition coefficient (Wildman–Crippen LogP) is 2.43. The number of rotatable bonds is 9. The Hall–Kier alpha value is -2.90. The third kappa shape index (κ3) is 6.89. The van der Waals surface area contributed by atoms with Gasteiger partial charge in [0.1, 0.15) is 0 Å². The number of carbonyl (C=O) groups excluding carboxylic acids is 2. The molecule has 0 aromatic heterocycles. The number of carboxylic acid groups (broad SMARTS) is 1. The van der Waals surface area contributed by atoms with E-state index in [0.29, 0.717) is 5.02 Å². The lowest BCUT2D eigenvalue weighted by molar-refractivity contribution is -0.152. The molecule has 1 amide bonds. The maximum Gasteiger partial charge on any atom is 0.336 e. The number of nitrogens with one attached hydrogen (secondary N) is 1. The third-order valence-electron chi connectivity index (χ3n) is 4.30. The Labute approximate surface area is 173 Å². The monoisotopic (exact) mass is 419 g/mol. The van der Waals surface area contributed by atoms with Crippen molar-refractivity contribution >= 4 is 29.4 Å². The summed E-state index contributed by atoms with van der Waals surface area (Å²) in [7, 11) is 1.13. The van der Waals surface area contributed by atoms with E-state index in [4.69, 9.17) is 16.7 Å². The zero-order valence-corrected chi connectivity index (χ0v) is 16.6. The molecule has 2 aromatic rings. The van der Waals surface area contributed by atoms with Gasteiger partial charge in [-0.15, -0.1) is 0 Å². The summed E-state index contributed by atoms with van der Waals surface area (Å²) in [6.45, 7) is 0. The molecule has 0 heterocycles. The highest BCUT2D eigenvalue weighted by Gasteiger charge is 2.28. The molecule has 29 heavy (non-hydrogen) atoms. The maximum absolute atomic E-state index is 12.0. The molecule has 0 aliphatic rings. The van der Waals surface area contributed by atoms with Crippen LogP contribution in [0.15, 0.2) is 48.5 Å². The van der Waals surface area contributed by atoms with Crippen LogP contribution in [0.25, 0.3) is 11.1 Å². The van der Waals surface area contributed by atoms with Gasteiger partial charge in [-0.25, -0.2) is 4.79 Å². The minimum atomic E-state index is -1.58. The van der Waals surface area contributed by atoms with Crippen LogP contribution in [0.5, 0.6) is 0 Å². The maximum atomic E-state index is 12.0. The van der Waals surface area contributed by atoms with Gasteiger partial charge >= 0.3 is 11.9 Å². The Bertz CT molecular complexity index is 868. The van der Waals surface area contributed by atoms with E-state index in [9.17, 15) is 19.5 Å². The molecule has 154 valence electrons. The molecule has 1 unspecified atom stereocenters. The van der Waals surface area contributed by atoms with Crippen molar-refractivity contribution in [2.24, 2.45) is 0 Å². The van der Waals surface area contributed by atoms with Crippen molar-refractivity contribution < 1.29 is 29.3 Å². The van der Waals surface area contributed by atoms with Crippen molar-refractivity contribution in [1.29, 1.82) is 0 Å². The first-order valence-corrected chi connectivity index (χ1v) is 9.30. The van der Waals surface area contributed by atoms with E-state index in [1.165, 1.54) is 0 Å². The van der Waals surface area contributed by atoms with Crippen LogP contribution in [-0.4, -0.2) is 47.3 Å². The van der Waals surface area contributed by atoms with E-state index in [1.807, 2.05) is 42.5 Å². The number of aliphatic carboxylic acids is 1. The van der Waals surface area contributed by atoms with Gasteiger partial charge in [0.25, 0.3) is 0 Å². The van der Waals surface area contributed by atoms with Crippen molar-refractivity contribution in [3.8, 4) is 11.1 Å². The number of amides is 1. The Kier molecular flexibility index (Phi) is 8.18. The predicted molar refractivity (Wildman–Crippen MR) is 107 cm³/mol. The molecule has 8 heteroatoms. The molecule has 2 rings (SSSR count). The molecule has 0 bridgehead atoms. The van der Waals surface area contributed by atoms with Gasteiger partial charge in [0.2, 0.25) is 5.91 Å². The lowest BCUT2D eigenvalue weighted by atomic mass is 9.98. The van der Waals surface area contributed by atoms with Crippen molar-refractivity contribution in [2.75, 3.05) is 7.11 Å². The number of benzene rings is 2. The summed E-state index contributed by atoms with van der Waals surface area (Å²) in [5.41, 5.74) is 2.64. The van der Waals surface area contributed by atoms with Gasteiger partial charge < -0.3 is 20.3 Å². The van der Waals surface area contributed by atoms with Crippen molar-refractivity contribution in [3.63, 3.8) is 0 Å². The average molecular weight is 420 g/mol. The number of hydrogen-bond donors (Lipinski definition) is 3. The molecule has 2 aromatic carbocycles. The number of esters is 1. The quantitative estimate of drug-likeness (QED) is 0.538. The van der Waals surface area contributed by atoms with Gasteiger partial charge in [-0.05, 0) is 35.2 Å². The normalized spacial score (nSPS) is 12.7. The number of methoxy groups -OCH3 is 1. The molecule has 0 spiro atoms. The van der Waals surface area contributed by atoms with E-state index < -0.39 is 30.0 Å². The van der Waals surface area contributed by atoms with Gasteiger partial charge in [0.15, 0.2) is 6.10 Å². The summed E-state index contributed by atoms with van der Waals surface area (Å²) >= 11 is 6.02. The fourth-order valence-corrected chi connectivity index (χ4v) is 2.97. The molecular formula is C21H22ClNO6. The van der Waals surface area contributed by atoms with Crippen molar-refractivity contribution in [2.45, 2.75) is 31.4 Å². The Morgan fingerprint density at radius 2 is 1.76 bits per heavy atom. The summed E-state index contributed by atoms with van der Waals surface area (Å²) < 4.78 is 4.55. The fraction of sp³-hybridized carbons (Fsp3) is 0.286. The molecule has 0 aliphatic carbocycles. The second-order valence-corrected chi connectivity index (χ2v) is 6.88. The fourth-order valence-electron chi connectivity index (χ4n) is 2.78. The second kappa shape index (κ2) is 10.6. The van der Waals surface area contributed by atoms with Crippen molar-refractivity contribution in [3.05, 3.63) is 59.1 Å². The number of aliphatic hydroxyl groups is 1. The molecule has 0 saturated heterocycles. The van der Waals surface area contributed by atoms with Crippen LogP contribution in [0.1, 0.15) is 18.4 Å². The molecular weight excluding hydrogens is 398 g/mol. The van der Waals surface area contributed by atoms with E-state index in [-0.39, 0.29) is 19.3 Å². The van der Waals surface area contributed by atoms with Gasteiger partial charge in [-0.3, -0.25) is 9.59 Å². The van der Waals surface area contributed by atoms with Gasteiger partial charge in [-0.1, -0.05) is 48.0 Å². The molecule has 3 N–H and O–H groups in total. The summed E-state index contributed by atoms with van der Waals surface area (Å²) in [5.74, 6) is -2.57. The summed E-state index contributed by atoms with van der Waals surface area (Å²) in [6, 6.07) is 13.8. The number of carboxylic acids is 1. The topological polar surface area (TPSA) is 113 Å². The standard InChI is InChI=1S/C21H22ClNO6/c1-29-21(28)20(27)17(23-18(24)9-10-19(25)26)11-13-5-7-14(8-6-13)15-3-2-4-16(22)12-15/h2-8,12,17,20,27H,9-11H2,1H3,(H,23,24)(H,25,26)/t17?,20-/m0/s1. The number of aliphatic hydroxyl groups excluding tert-OH is 1. The smallest absolute Gasteiger partial charge is 0.336 e. The van der Waals surface area contributed by atoms with Gasteiger partial charge in [0, 0.05) is 11.4 Å². The van der Waals surface area contributed by atoms with Crippen molar-refractivity contribution in [1.82, 2.24) is 5.32 Å². The van der Waals surface area contributed by atoms with E-state index in [0.717, 1.165) is 23.8 Å². The molecule has 7 nitrogen and oxygen atoms in total. The molecule has 0 fully saturated rings. The Morgan fingerprint density at radius 1 is 1.07 bits per heavy atom. The summed E-state index contributed by atoms with van der Waals surface area (Å²) in [6.07, 6.45) is -2.03. The summed E-state index contributed by atoms with van der Waals surface area (Å²) in [5, 5.41) is 22.0. The summed E-state index contributed by atoms with van der Waals surface area (Å²) in [4.78, 5) is 34.3. The van der Waals surface area contributed by atoms with E-state index >= 15 is 0 Å². The van der Waals surface area contributed by atoms with Crippen LogP contribution < -0.4 is 5.32 Å². The van der Waals surface area contributed by atoms with Crippen LogP contribution in [0.4, 0.5) is 0 Å². The van der Waals surface area contributed by atoms with Crippen LogP contribution >= 0.6 is 11.6 Å². The van der Waals surface area contributed by atoms with Crippen LogP contribution in [0, 0.1) is 0 Å². The molecule has 0 aliphatic heterocycles. The zero-order chi connectivity index (χ0) is 21.4. The number of halogens is 1. The van der Waals surface area contributed by atoms with E-state index in [1.54, 1.807) is 6.07 Å². The number of ether oxygens (including phenoxy) is 1. The first kappa shape index (κ1) is 22.4. The van der Waals surface area contributed by atoms with Crippen LogP contribution in [0.2, 0.25) is 5.02 Å². The Balaban J connectivity index is 2.13. The zero-order valence-electron chi connectivity index (χ0n) is 15.8. The second-order valence-electron chi connectivity index (χ2n) is 6.45. The number of carbonyl (C=O) groups is 3. The van der Waals surface area contributed by atoms with Crippen LogP contribution in [0.3, 0.4) is 0 Å². The number of hydrogen-bond acceptors (Lipinski definition) is 5. The largest absolute Gasteiger partial charge is 0.481 e. The minimum absolute atomic E-state index is 0.158. The highest BCUT2D eigenvalue weighted by molar-refractivity contribution is 6.30. The first-order chi connectivity index (χ1) is 13.8. The first-order valence-electron chi connectivity index (χ1n) is 8.92. The lowest BCUT2D eigenvalue weighted by Crippen LogP contribution is -2.48. The Morgan fingerprint density at radius 3 is 2.34 bits per heavy atom. The average Bonchev–Trinajstić information content (AvgIpc) is 2.71. The lowest BCUT2D eigenvalue weighted by Gasteiger charge is -2.22. The minimum Gasteiger partial charge on any atom is -0.481 e. The van der Waals surface area contributed by atoms with E-state index in [2.05, 4.69) is 10.1 Å².